The predicted molar refractivity (Wildman–Crippen MR) is 174 cm³/mol. The molecule has 0 unspecified atom stereocenters. The van der Waals surface area contributed by atoms with E-state index in [1.807, 2.05) is 12.1 Å². The van der Waals surface area contributed by atoms with Crippen LogP contribution in [0.15, 0.2) is 39.8 Å². The maximum Gasteiger partial charge on any atom is 0.490 e. The van der Waals surface area contributed by atoms with Crippen molar-refractivity contribution >= 4 is 56.2 Å². The minimum Gasteiger partial charge on any atom is -0.724 e. The molecule has 18 nitrogen and oxygen atoms in total. The summed E-state index contributed by atoms with van der Waals surface area (Å²) in [5, 5.41) is 15.5. The highest BCUT2D eigenvalue weighted by Crippen LogP contribution is 2.33. The Labute approximate surface area is 294 Å². The van der Waals surface area contributed by atoms with Crippen LogP contribution in [0.3, 0.4) is 0 Å². The number of benzene rings is 1. The van der Waals surface area contributed by atoms with Gasteiger partial charge in [-0.25, -0.2) is 18.2 Å². The van der Waals surface area contributed by atoms with Gasteiger partial charge >= 0.3 is 12.1 Å². The molecule has 1 aromatic heterocycles. The number of carbonyl (C=O) groups is 3. The molecule has 2 aliphatic heterocycles. The average Bonchev–Trinajstić information content (AvgIpc) is 3.67. The molecule has 0 spiro atoms. The van der Waals surface area contributed by atoms with Gasteiger partial charge in [-0.15, -0.1) is 11.3 Å². The molecular weight excluding hydrogens is 729 g/mol. The Balaban J connectivity index is 0.000000908. The molecule has 51 heavy (non-hydrogen) atoms. The second-order valence-corrected chi connectivity index (χ2v) is 13.8. The Kier molecular flexibility index (Phi) is 13.3. The van der Waals surface area contributed by atoms with E-state index < -0.39 is 45.9 Å². The predicted octanol–water partition coefficient (Wildman–Crippen LogP) is 0.601. The fraction of sp³-hybridized carbons (Fsp3) is 0.500. The van der Waals surface area contributed by atoms with Crippen molar-refractivity contribution in [1.82, 2.24) is 15.4 Å². The molecule has 0 saturated carbocycles. The van der Waals surface area contributed by atoms with Crippen LogP contribution in [-0.4, -0.2) is 126 Å². The van der Waals surface area contributed by atoms with Crippen molar-refractivity contribution in [3.05, 3.63) is 40.9 Å². The Morgan fingerprint density at radius 1 is 1.22 bits per heavy atom. The number of aromatic nitrogens is 1. The maximum absolute atomic E-state index is 13.1. The summed E-state index contributed by atoms with van der Waals surface area (Å²) in [6.45, 7) is 6.83. The van der Waals surface area contributed by atoms with Gasteiger partial charge in [-0.3, -0.25) is 14.6 Å². The highest BCUT2D eigenvalue weighted by Gasteiger charge is 2.57. The van der Waals surface area contributed by atoms with Crippen LogP contribution >= 0.6 is 11.3 Å². The number of hydrogen-bond acceptors (Lipinski definition) is 14. The molecule has 2 aliphatic rings. The number of nitrogens with one attached hydrogen (secondary N) is 1. The zero-order valence-corrected chi connectivity index (χ0v) is 29.2. The molecule has 2 saturated heterocycles. The number of aliphatic imine (C=N–C) groups is 1. The number of carbonyl (C=O) groups excluding carboxylic acids is 2. The van der Waals surface area contributed by atoms with Gasteiger partial charge in [-0.1, -0.05) is 5.16 Å². The Bertz CT molecular complexity index is 1730. The number of thiazole rings is 1. The van der Waals surface area contributed by atoms with Gasteiger partial charge in [-0.2, -0.15) is 22.5 Å². The van der Waals surface area contributed by atoms with E-state index in [4.69, 9.17) is 30.9 Å². The van der Waals surface area contributed by atoms with Crippen molar-refractivity contribution in [2.24, 2.45) is 15.9 Å². The van der Waals surface area contributed by atoms with Gasteiger partial charge in [-0.05, 0) is 38.1 Å². The molecule has 1 atom stereocenters. The zero-order chi connectivity index (χ0) is 38.2. The number of β-lactam (4-membered cyclic amide) rings is 1. The van der Waals surface area contributed by atoms with Crippen molar-refractivity contribution in [3.8, 4) is 5.75 Å². The van der Waals surface area contributed by atoms with E-state index in [0.717, 1.165) is 27.9 Å². The first-order valence-corrected chi connectivity index (χ1v) is 17.2. The molecule has 0 bridgehead atoms. The summed E-state index contributed by atoms with van der Waals surface area (Å²) in [7, 11) is -2.94. The maximum atomic E-state index is 13.1. The van der Waals surface area contributed by atoms with Crippen LogP contribution in [0.4, 0.5) is 18.3 Å². The second-order valence-electron chi connectivity index (χ2n) is 12.0. The van der Waals surface area contributed by atoms with Gasteiger partial charge in [0.25, 0.3) is 11.8 Å². The number of likely N-dealkylation sites (tertiary alicyclic amines) is 1. The molecule has 3 heterocycles. The Hall–Kier alpha value is -4.58. The van der Waals surface area contributed by atoms with Crippen LogP contribution in [0, 0.1) is 0 Å². The molecule has 4 rings (SSSR count). The molecule has 2 amide bonds. The van der Waals surface area contributed by atoms with Crippen molar-refractivity contribution < 1.29 is 64.0 Å². The van der Waals surface area contributed by atoms with E-state index in [9.17, 15) is 35.7 Å². The van der Waals surface area contributed by atoms with E-state index >= 15 is 0 Å². The van der Waals surface area contributed by atoms with Crippen LogP contribution in [0.1, 0.15) is 37.9 Å². The smallest absolute Gasteiger partial charge is 0.490 e. The van der Waals surface area contributed by atoms with Crippen LogP contribution < -0.4 is 21.5 Å². The number of carboxylic acid groups (broad SMARTS) is 1. The number of likely N-dealkylation sites (N-methyl/N-ethyl adjacent to an activating group) is 1. The van der Waals surface area contributed by atoms with Gasteiger partial charge in [0.05, 0.1) is 38.8 Å². The molecule has 6 N–H and O–H groups in total. The first kappa shape index (κ1) is 40.8. The van der Waals surface area contributed by atoms with E-state index in [0.29, 0.717) is 23.2 Å². The number of amidine groups is 1. The lowest BCUT2D eigenvalue weighted by Crippen LogP contribution is -2.76. The number of halogens is 3. The summed E-state index contributed by atoms with van der Waals surface area (Å²) in [6.07, 6.45) is -2.57. The molecule has 0 radical (unpaired) electrons. The number of nitrogens with two attached hydrogens (primary N) is 2. The average molecular weight is 767 g/mol. The number of oxime groups is 1. The van der Waals surface area contributed by atoms with Gasteiger partial charge in [0, 0.05) is 23.8 Å². The number of alkyl halides is 3. The van der Waals surface area contributed by atoms with Crippen LogP contribution in [0.5, 0.6) is 5.75 Å². The molecule has 2 fully saturated rings. The number of hydrogen-bond donors (Lipinski definition) is 4. The number of aliphatic carboxylic acids is 1. The van der Waals surface area contributed by atoms with Crippen molar-refractivity contribution in [2.75, 3.05) is 52.2 Å². The number of nitrogen functional groups attached to an aromatic ring is 1. The SMILES string of the molecule is CC1(C)[C@H](NC(=O)/C(=N\OCCOc2ccc(C(N)=NCC[N+]3(C)CCCC3)cc2)c2csc(N)n2)C(=O)N1OS(=O)(=O)[O-].O=C(O)C(F)(F)F. The minimum atomic E-state index is -5.20. The fourth-order valence-electron chi connectivity index (χ4n) is 4.87. The number of rotatable bonds is 14. The van der Waals surface area contributed by atoms with Crippen molar-refractivity contribution in [2.45, 2.75) is 44.4 Å². The largest absolute Gasteiger partial charge is 0.724 e. The zero-order valence-electron chi connectivity index (χ0n) is 27.6. The molecular formula is C28H37F3N8O10S2. The number of anilines is 1. The Morgan fingerprint density at radius 2 is 1.82 bits per heavy atom. The summed E-state index contributed by atoms with van der Waals surface area (Å²) in [5.74, 6) is -3.51. The monoisotopic (exact) mass is 766 g/mol. The standard InChI is InChI=1S/C26H36N8O8S2.C2HF3O2/c1-26(2)21(24(36)33(26)42-44(37,38)39)31-23(35)20(19-16-43-25(28)30-19)32-41-15-14-40-18-8-6-17(7-9-18)22(27)29-10-13-34(3)11-4-5-12-34;3-2(4,5)1(6)7/h6-9,16,21H,4-5,10-15H2,1-3H3,(H5-,27,28,29,30,31,35,37,38,39);(H,6,7)/b32-20-;/t21-;/m1./s1. The molecule has 2 aromatic rings. The van der Waals surface area contributed by atoms with Gasteiger partial charge < -0.3 is 40.5 Å². The van der Waals surface area contributed by atoms with Crippen LogP contribution in [0.2, 0.25) is 0 Å². The molecule has 0 aliphatic carbocycles. The summed E-state index contributed by atoms with van der Waals surface area (Å²) in [6, 6.07) is 5.92. The lowest BCUT2D eigenvalue weighted by atomic mass is 9.84. The summed E-state index contributed by atoms with van der Waals surface area (Å²) in [5.41, 5.74) is 11.1. The number of carboxylic acids is 1. The van der Waals surface area contributed by atoms with Gasteiger partial charge in [0.1, 0.15) is 29.9 Å². The summed E-state index contributed by atoms with van der Waals surface area (Å²) >= 11 is 1.06. The van der Waals surface area contributed by atoms with Crippen molar-refractivity contribution in [1.29, 1.82) is 0 Å². The number of hydroxylamine groups is 2. The molecule has 23 heteroatoms. The summed E-state index contributed by atoms with van der Waals surface area (Å²) < 4.78 is 75.5. The first-order valence-electron chi connectivity index (χ1n) is 15.0. The normalized spacial score (nSPS) is 18.7. The highest BCUT2D eigenvalue weighted by molar-refractivity contribution is 7.80. The van der Waals surface area contributed by atoms with Crippen LogP contribution in [-0.2, 0) is 33.9 Å². The quantitative estimate of drug-likeness (QED) is 0.0301. The molecule has 1 aromatic carbocycles. The number of nitrogens with zero attached hydrogens (tertiary/aromatic N) is 5. The van der Waals surface area contributed by atoms with Crippen LogP contribution in [0.25, 0.3) is 0 Å². The van der Waals surface area contributed by atoms with Gasteiger partial charge in [0.15, 0.2) is 17.5 Å². The van der Waals surface area contributed by atoms with E-state index in [2.05, 4.69) is 31.8 Å². The fourth-order valence-corrected chi connectivity index (χ4v) is 5.87. The van der Waals surface area contributed by atoms with Gasteiger partial charge in [0.2, 0.25) is 10.4 Å². The summed E-state index contributed by atoms with van der Waals surface area (Å²) in [4.78, 5) is 48.2. The third-order valence-electron chi connectivity index (χ3n) is 7.66. The van der Waals surface area contributed by atoms with E-state index in [1.165, 1.54) is 45.2 Å². The second kappa shape index (κ2) is 16.6. The minimum absolute atomic E-state index is 0.0460. The van der Waals surface area contributed by atoms with E-state index in [1.54, 1.807) is 12.1 Å². The number of amides is 2. The first-order chi connectivity index (χ1) is 23.6. The third-order valence-corrected chi connectivity index (χ3v) is 8.66. The van der Waals surface area contributed by atoms with Crippen molar-refractivity contribution in [3.63, 3.8) is 0 Å². The topological polar surface area (TPSA) is 261 Å². The number of ether oxygens (including phenoxy) is 1. The Morgan fingerprint density at radius 3 is 2.33 bits per heavy atom. The lowest BCUT2D eigenvalue weighted by molar-refractivity contribution is -0.896. The third kappa shape index (κ3) is 11.7. The molecule has 282 valence electrons. The van der Waals surface area contributed by atoms with E-state index in [-0.39, 0.29) is 29.8 Å². The number of quaternary nitrogens is 1. The lowest BCUT2D eigenvalue weighted by Gasteiger charge is -2.51. The highest BCUT2D eigenvalue weighted by atomic mass is 32.3.